The zero-order valence-corrected chi connectivity index (χ0v) is 15.3. The Kier molecular flexibility index (Phi) is 5.34. The molecule has 0 bridgehead atoms. The highest BCUT2D eigenvalue weighted by atomic mass is 35.5. The molecule has 25 heavy (non-hydrogen) atoms. The number of sulfonamides is 1. The average Bonchev–Trinajstić information content (AvgIpc) is 2.64. The van der Waals surface area contributed by atoms with Crippen LogP contribution >= 0.6 is 11.6 Å². The molecule has 3 aromatic carbocycles. The number of benzene rings is 3. The van der Waals surface area contributed by atoms with Gasteiger partial charge in [0.2, 0.25) is 0 Å². The van der Waals surface area contributed by atoms with Gasteiger partial charge in [0.25, 0.3) is 10.0 Å². The van der Waals surface area contributed by atoms with Gasteiger partial charge in [0.05, 0.1) is 4.90 Å². The van der Waals surface area contributed by atoms with Gasteiger partial charge in [-0.15, -0.1) is 0 Å². The standard InChI is InChI=1S/C18H14ClNO3S2/c19-14-11-12-17(20-25(22,23)16-9-5-2-6-10-16)18(13-14)24(21)15-7-3-1-4-8-15/h1-13,20H. The van der Waals surface area contributed by atoms with E-state index in [0.717, 1.165) is 0 Å². The predicted molar refractivity (Wildman–Crippen MR) is 99.8 cm³/mol. The Balaban J connectivity index is 2.00. The van der Waals surface area contributed by atoms with Gasteiger partial charge in [-0.1, -0.05) is 48.0 Å². The number of hydrogen-bond donors (Lipinski definition) is 1. The summed E-state index contributed by atoms with van der Waals surface area (Å²) in [4.78, 5) is 0.990. The zero-order chi connectivity index (χ0) is 17.9. The molecule has 4 nitrogen and oxygen atoms in total. The molecule has 1 atom stereocenters. The van der Waals surface area contributed by atoms with Gasteiger partial charge in [0.1, 0.15) is 5.69 Å². The van der Waals surface area contributed by atoms with Crippen molar-refractivity contribution < 1.29 is 13.0 Å². The van der Waals surface area contributed by atoms with Gasteiger partial charge in [0.15, 0.2) is 9.79 Å². The Bertz CT molecular complexity index is 964. The summed E-state index contributed by atoms with van der Waals surface area (Å²) in [5.74, 6) is 0. The van der Waals surface area contributed by atoms with Crippen molar-refractivity contribution >= 4 is 38.5 Å². The third-order valence-electron chi connectivity index (χ3n) is 3.40. The molecule has 0 aliphatic carbocycles. The topological polar surface area (TPSA) is 69.2 Å². The highest BCUT2D eigenvalue weighted by molar-refractivity contribution is 7.93. The lowest BCUT2D eigenvalue weighted by Gasteiger charge is -2.15. The van der Waals surface area contributed by atoms with Gasteiger partial charge < -0.3 is 4.55 Å². The van der Waals surface area contributed by atoms with Crippen LogP contribution in [0.25, 0.3) is 0 Å². The fourth-order valence-corrected chi connectivity index (χ4v) is 4.82. The lowest BCUT2D eigenvalue weighted by molar-refractivity contribution is 0.595. The lowest BCUT2D eigenvalue weighted by atomic mass is 10.3. The molecule has 0 heterocycles. The summed E-state index contributed by atoms with van der Waals surface area (Å²) < 4.78 is 40.5. The van der Waals surface area contributed by atoms with Crippen LogP contribution in [-0.4, -0.2) is 13.0 Å². The molecule has 3 rings (SSSR count). The van der Waals surface area contributed by atoms with Crippen LogP contribution in [0.1, 0.15) is 0 Å². The molecule has 0 saturated heterocycles. The van der Waals surface area contributed by atoms with Crippen molar-refractivity contribution in [1.82, 2.24) is 0 Å². The van der Waals surface area contributed by atoms with Crippen LogP contribution in [0.5, 0.6) is 0 Å². The summed E-state index contributed by atoms with van der Waals surface area (Å²) in [6.45, 7) is 0. The maximum Gasteiger partial charge on any atom is 0.262 e. The molecule has 128 valence electrons. The highest BCUT2D eigenvalue weighted by Gasteiger charge is 2.23. The van der Waals surface area contributed by atoms with E-state index >= 15 is 0 Å². The van der Waals surface area contributed by atoms with Crippen LogP contribution in [0, 0.1) is 0 Å². The van der Waals surface area contributed by atoms with Crippen molar-refractivity contribution in [3.63, 3.8) is 0 Å². The first kappa shape index (κ1) is 17.8. The summed E-state index contributed by atoms with van der Waals surface area (Å²) in [5, 5.41) is 0.377. The molecule has 0 aliphatic heterocycles. The fourth-order valence-electron chi connectivity index (χ4n) is 2.21. The number of hydrogen-bond acceptors (Lipinski definition) is 3. The Labute approximate surface area is 154 Å². The number of halogens is 1. The van der Waals surface area contributed by atoms with E-state index in [1.165, 1.54) is 24.3 Å². The number of anilines is 1. The predicted octanol–water partition coefficient (Wildman–Crippen LogP) is 4.31. The molecule has 1 N–H and O–H groups in total. The molecule has 0 radical (unpaired) electrons. The molecule has 0 fully saturated rings. The Hall–Kier alpha value is -1.99. The van der Waals surface area contributed by atoms with Crippen LogP contribution < -0.4 is 4.72 Å². The van der Waals surface area contributed by atoms with Crippen molar-refractivity contribution in [3.05, 3.63) is 83.9 Å². The average molecular weight is 392 g/mol. The molecule has 7 heteroatoms. The third-order valence-corrected chi connectivity index (χ3v) is 6.45. The Morgan fingerprint density at radius 3 is 2.12 bits per heavy atom. The Morgan fingerprint density at radius 2 is 1.48 bits per heavy atom. The SMILES string of the molecule is O=S(=O)(Nc1ccc(Cl)cc1[S+]([O-])c1ccccc1)c1ccccc1. The van der Waals surface area contributed by atoms with Crippen LogP contribution in [0.15, 0.2) is 93.5 Å². The summed E-state index contributed by atoms with van der Waals surface area (Å²) in [6, 6.07) is 21.4. The summed E-state index contributed by atoms with van der Waals surface area (Å²) in [7, 11) is -3.79. The molecular formula is C18H14ClNO3S2. The van der Waals surface area contributed by atoms with Gasteiger partial charge in [-0.25, -0.2) is 8.42 Å². The van der Waals surface area contributed by atoms with Crippen LogP contribution in [0.3, 0.4) is 0 Å². The first-order chi connectivity index (χ1) is 12.0. The molecule has 0 saturated carbocycles. The van der Waals surface area contributed by atoms with Gasteiger partial charge in [-0.3, -0.25) is 4.72 Å². The van der Waals surface area contributed by atoms with E-state index in [-0.39, 0.29) is 10.6 Å². The van der Waals surface area contributed by atoms with E-state index in [4.69, 9.17) is 11.6 Å². The highest BCUT2D eigenvalue weighted by Crippen LogP contribution is 2.31. The van der Waals surface area contributed by atoms with Crippen molar-refractivity contribution in [2.45, 2.75) is 14.7 Å². The lowest BCUT2D eigenvalue weighted by Crippen LogP contribution is -2.15. The zero-order valence-electron chi connectivity index (χ0n) is 12.9. The second-order valence-electron chi connectivity index (χ2n) is 5.14. The Morgan fingerprint density at radius 1 is 0.880 bits per heavy atom. The first-order valence-electron chi connectivity index (χ1n) is 7.31. The second kappa shape index (κ2) is 7.49. The van der Waals surface area contributed by atoms with Gasteiger partial charge in [-0.05, 0) is 36.4 Å². The summed E-state index contributed by atoms with van der Waals surface area (Å²) >= 11 is 4.45. The number of nitrogens with one attached hydrogen (secondary N) is 1. The largest absolute Gasteiger partial charge is 0.606 e. The minimum atomic E-state index is -3.79. The van der Waals surface area contributed by atoms with E-state index < -0.39 is 21.2 Å². The van der Waals surface area contributed by atoms with Crippen molar-refractivity contribution in [3.8, 4) is 0 Å². The second-order valence-corrected chi connectivity index (χ2v) is 8.71. The molecule has 0 spiro atoms. The van der Waals surface area contributed by atoms with Crippen LogP contribution in [0.2, 0.25) is 5.02 Å². The van der Waals surface area contributed by atoms with Crippen LogP contribution in [0.4, 0.5) is 5.69 Å². The molecule has 0 amide bonds. The molecular weight excluding hydrogens is 378 g/mol. The molecule has 0 aliphatic rings. The van der Waals surface area contributed by atoms with Crippen molar-refractivity contribution in [2.75, 3.05) is 4.72 Å². The minimum absolute atomic E-state index is 0.126. The summed E-state index contributed by atoms with van der Waals surface area (Å²) in [5.41, 5.74) is 0.232. The van der Waals surface area contributed by atoms with E-state index in [1.54, 1.807) is 48.5 Å². The quantitative estimate of drug-likeness (QED) is 0.659. The van der Waals surface area contributed by atoms with E-state index in [0.29, 0.717) is 14.8 Å². The van der Waals surface area contributed by atoms with E-state index in [1.807, 2.05) is 6.07 Å². The third kappa shape index (κ3) is 4.16. The maximum atomic E-state index is 12.9. The van der Waals surface area contributed by atoms with Gasteiger partial charge >= 0.3 is 0 Å². The monoisotopic (exact) mass is 391 g/mol. The van der Waals surface area contributed by atoms with Crippen molar-refractivity contribution in [1.29, 1.82) is 0 Å². The molecule has 1 unspecified atom stereocenters. The summed E-state index contributed by atoms with van der Waals surface area (Å²) in [6.07, 6.45) is 0. The van der Waals surface area contributed by atoms with Gasteiger partial charge in [-0.2, -0.15) is 0 Å². The smallest absolute Gasteiger partial charge is 0.262 e. The molecule has 3 aromatic rings. The van der Waals surface area contributed by atoms with E-state index in [2.05, 4.69) is 4.72 Å². The van der Waals surface area contributed by atoms with E-state index in [9.17, 15) is 13.0 Å². The number of rotatable bonds is 5. The fraction of sp³-hybridized carbons (Fsp3) is 0. The molecule has 0 aromatic heterocycles. The van der Waals surface area contributed by atoms with Crippen molar-refractivity contribution in [2.24, 2.45) is 0 Å². The maximum absolute atomic E-state index is 12.9. The van der Waals surface area contributed by atoms with Crippen LogP contribution in [-0.2, 0) is 21.2 Å². The first-order valence-corrected chi connectivity index (χ1v) is 10.3. The van der Waals surface area contributed by atoms with Gasteiger partial charge in [0, 0.05) is 22.3 Å². The normalized spacial score (nSPS) is 12.6. The minimum Gasteiger partial charge on any atom is -0.606 e.